The Kier molecular flexibility index (Phi) is 4.71. The third kappa shape index (κ3) is 3.68. The summed E-state index contributed by atoms with van der Waals surface area (Å²) in [6.45, 7) is 4.24. The number of nitrogens with zero attached hydrogens (tertiary/aromatic N) is 3. The lowest BCUT2D eigenvalue weighted by molar-refractivity contribution is 0.102. The van der Waals surface area contributed by atoms with Crippen LogP contribution in [0.3, 0.4) is 0 Å². The molecule has 7 heteroatoms. The minimum atomic E-state index is -0.292. The maximum Gasteiger partial charge on any atom is 0.276 e. The number of benzene rings is 1. The molecule has 2 aromatic heterocycles. The number of carbonyl (C=O) groups is 1. The van der Waals surface area contributed by atoms with Crippen LogP contribution in [-0.2, 0) is 6.42 Å². The van der Waals surface area contributed by atoms with Gasteiger partial charge in [-0.2, -0.15) is 0 Å². The van der Waals surface area contributed by atoms with Crippen LogP contribution in [0.25, 0.3) is 10.9 Å². The van der Waals surface area contributed by atoms with Crippen LogP contribution in [0.5, 0.6) is 5.75 Å². The highest BCUT2D eigenvalue weighted by atomic mass is 32.1. The first kappa shape index (κ1) is 16.3. The van der Waals surface area contributed by atoms with Crippen molar-refractivity contribution in [3.63, 3.8) is 0 Å². The molecule has 24 heavy (non-hydrogen) atoms. The summed E-state index contributed by atoms with van der Waals surface area (Å²) in [5.41, 5.74) is 1.08. The lowest BCUT2D eigenvalue weighted by Gasteiger charge is -2.04. The highest BCUT2D eigenvalue weighted by Crippen LogP contribution is 2.21. The minimum Gasteiger partial charge on any atom is -0.497 e. The second-order valence-corrected chi connectivity index (χ2v) is 6.87. The summed E-state index contributed by atoms with van der Waals surface area (Å²) in [5, 5.41) is 13.2. The summed E-state index contributed by atoms with van der Waals surface area (Å²) in [6.07, 6.45) is 0.851. The second-order valence-electron chi connectivity index (χ2n) is 5.81. The van der Waals surface area contributed by atoms with Crippen LogP contribution >= 0.6 is 11.3 Å². The van der Waals surface area contributed by atoms with E-state index in [2.05, 4.69) is 34.3 Å². The average Bonchev–Trinajstić information content (AvgIpc) is 2.99. The molecule has 0 aliphatic heterocycles. The molecule has 0 saturated heterocycles. The van der Waals surface area contributed by atoms with Gasteiger partial charge in [0.25, 0.3) is 5.91 Å². The Morgan fingerprint density at radius 2 is 2.08 bits per heavy atom. The van der Waals surface area contributed by atoms with Crippen molar-refractivity contribution >= 4 is 33.3 Å². The van der Waals surface area contributed by atoms with Gasteiger partial charge in [0.05, 0.1) is 12.6 Å². The van der Waals surface area contributed by atoms with Crippen LogP contribution in [0.1, 0.15) is 29.3 Å². The predicted octanol–water partition coefficient (Wildman–Crippen LogP) is 3.55. The van der Waals surface area contributed by atoms with E-state index in [1.54, 1.807) is 13.2 Å². The molecule has 124 valence electrons. The molecule has 0 aliphatic carbocycles. The Balaban J connectivity index is 1.77. The van der Waals surface area contributed by atoms with Gasteiger partial charge >= 0.3 is 0 Å². The van der Waals surface area contributed by atoms with Crippen LogP contribution < -0.4 is 10.1 Å². The molecule has 3 rings (SSSR count). The number of aromatic nitrogens is 3. The zero-order valence-electron chi connectivity index (χ0n) is 13.7. The summed E-state index contributed by atoms with van der Waals surface area (Å²) in [7, 11) is 1.62. The van der Waals surface area contributed by atoms with Crippen molar-refractivity contribution < 1.29 is 9.53 Å². The maximum absolute atomic E-state index is 12.4. The van der Waals surface area contributed by atoms with Gasteiger partial charge in [-0.3, -0.25) is 10.1 Å². The second kappa shape index (κ2) is 6.92. The third-order valence-corrected chi connectivity index (χ3v) is 4.26. The Labute approximate surface area is 143 Å². The number of fused-ring (bicyclic) bond motifs is 1. The van der Waals surface area contributed by atoms with Gasteiger partial charge in [-0.05, 0) is 30.2 Å². The Hall–Kier alpha value is -2.54. The number of ether oxygens (including phenoxy) is 1. The molecule has 2 heterocycles. The first-order chi connectivity index (χ1) is 11.5. The summed E-state index contributed by atoms with van der Waals surface area (Å²) in [4.78, 5) is 16.7. The van der Waals surface area contributed by atoms with Crippen LogP contribution in [0.4, 0.5) is 5.13 Å². The smallest absolute Gasteiger partial charge is 0.276 e. The molecule has 0 bridgehead atoms. The summed E-state index contributed by atoms with van der Waals surface area (Å²) < 4.78 is 5.19. The Morgan fingerprint density at radius 3 is 2.83 bits per heavy atom. The Morgan fingerprint density at radius 1 is 1.25 bits per heavy atom. The van der Waals surface area contributed by atoms with E-state index in [1.165, 1.54) is 11.3 Å². The third-order valence-electron chi connectivity index (χ3n) is 3.40. The van der Waals surface area contributed by atoms with Crippen LogP contribution in [-0.4, -0.2) is 28.2 Å². The fourth-order valence-electron chi connectivity index (χ4n) is 2.25. The SMILES string of the molecule is COc1ccc2nc(C(=O)Nc3nnc(CC(C)C)s3)ccc2c1. The number of nitrogens with one attached hydrogen (secondary N) is 1. The Bertz CT molecular complexity index is 876. The normalized spacial score (nSPS) is 11.0. The van der Waals surface area contributed by atoms with Crippen molar-refractivity contribution in [2.75, 3.05) is 12.4 Å². The zero-order valence-corrected chi connectivity index (χ0v) is 14.6. The van der Waals surface area contributed by atoms with Crippen LogP contribution in [0.2, 0.25) is 0 Å². The molecule has 0 aliphatic rings. The molecular formula is C17H18N4O2S. The fourth-order valence-corrected chi connectivity index (χ4v) is 3.20. The molecule has 3 aromatic rings. The van der Waals surface area contributed by atoms with E-state index < -0.39 is 0 Å². The van der Waals surface area contributed by atoms with E-state index in [1.807, 2.05) is 24.3 Å². The number of hydrogen-bond donors (Lipinski definition) is 1. The van der Waals surface area contributed by atoms with Crippen molar-refractivity contribution in [1.29, 1.82) is 0 Å². The summed E-state index contributed by atoms with van der Waals surface area (Å²) >= 11 is 1.39. The van der Waals surface area contributed by atoms with E-state index in [0.29, 0.717) is 16.7 Å². The maximum atomic E-state index is 12.4. The van der Waals surface area contributed by atoms with Crippen molar-refractivity contribution in [1.82, 2.24) is 15.2 Å². The van der Waals surface area contributed by atoms with E-state index in [-0.39, 0.29) is 5.91 Å². The lowest BCUT2D eigenvalue weighted by Crippen LogP contribution is -2.13. The summed E-state index contributed by atoms with van der Waals surface area (Å²) in [6, 6.07) is 9.07. The summed E-state index contributed by atoms with van der Waals surface area (Å²) in [5.74, 6) is 0.966. The molecule has 1 N–H and O–H groups in total. The molecule has 0 spiro atoms. The zero-order chi connectivity index (χ0) is 17.1. The van der Waals surface area contributed by atoms with Gasteiger partial charge in [0.2, 0.25) is 5.13 Å². The van der Waals surface area contributed by atoms with Gasteiger partial charge in [0.1, 0.15) is 16.5 Å². The molecule has 6 nitrogen and oxygen atoms in total. The van der Waals surface area contributed by atoms with Gasteiger partial charge in [-0.15, -0.1) is 10.2 Å². The first-order valence-corrected chi connectivity index (χ1v) is 8.45. The van der Waals surface area contributed by atoms with Crippen LogP contribution in [0.15, 0.2) is 30.3 Å². The highest BCUT2D eigenvalue weighted by Gasteiger charge is 2.13. The standard InChI is InChI=1S/C17H18N4O2S/c1-10(2)8-15-20-21-17(24-15)19-16(22)14-6-4-11-9-12(23-3)5-7-13(11)18-14/h4-7,9-10H,8H2,1-3H3,(H,19,21,22). The number of carbonyl (C=O) groups excluding carboxylic acids is 1. The van der Waals surface area contributed by atoms with Gasteiger partial charge in [0, 0.05) is 11.8 Å². The van der Waals surface area contributed by atoms with E-state index in [4.69, 9.17) is 4.74 Å². The lowest BCUT2D eigenvalue weighted by atomic mass is 10.1. The number of amides is 1. The quantitative estimate of drug-likeness (QED) is 0.767. The molecule has 1 aromatic carbocycles. The van der Waals surface area contributed by atoms with Crippen molar-refractivity contribution in [3.05, 3.63) is 41.0 Å². The fraction of sp³-hybridized carbons (Fsp3) is 0.294. The minimum absolute atomic E-state index is 0.292. The molecule has 1 amide bonds. The average molecular weight is 342 g/mol. The van der Waals surface area contributed by atoms with Crippen LogP contribution in [0, 0.1) is 5.92 Å². The number of rotatable bonds is 5. The van der Waals surface area contributed by atoms with Crippen molar-refractivity contribution in [2.45, 2.75) is 20.3 Å². The molecule has 0 atom stereocenters. The van der Waals surface area contributed by atoms with Gasteiger partial charge in [-0.25, -0.2) is 4.98 Å². The first-order valence-electron chi connectivity index (χ1n) is 7.63. The number of pyridine rings is 1. The van der Waals surface area contributed by atoms with Gasteiger partial charge in [0.15, 0.2) is 0 Å². The predicted molar refractivity (Wildman–Crippen MR) is 94.7 cm³/mol. The highest BCUT2D eigenvalue weighted by molar-refractivity contribution is 7.15. The molecule has 0 unspecified atom stereocenters. The monoisotopic (exact) mass is 342 g/mol. The van der Waals surface area contributed by atoms with Gasteiger partial charge in [-0.1, -0.05) is 31.3 Å². The van der Waals surface area contributed by atoms with Crippen molar-refractivity contribution in [2.24, 2.45) is 5.92 Å². The van der Waals surface area contributed by atoms with E-state index in [9.17, 15) is 4.79 Å². The number of hydrogen-bond acceptors (Lipinski definition) is 6. The number of methoxy groups -OCH3 is 1. The largest absolute Gasteiger partial charge is 0.497 e. The van der Waals surface area contributed by atoms with Gasteiger partial charge < -0.3 is 4.74 Å². The van der Waals surface area contributed by atoms with E-state index in [0.717, 1.165) is 28.1 Å². The van der Waals surface area contributed by atoms with E-state index >= 15 is 0 Å². The topological polar surface area (TPSA) is 77.0 Å². The van der Waals surface area contributed by atoms with Crippen molar-refractivity contribution in [3.8, 4) is 5.75 Å². The molecule has 0 fully saturated rings. The molecule has 0 radical (unpaired) electrons. The molecule has 0 saturated carbocycles. The number of anilines is 1. The molecular weight excluding hydrogens is 324 g/mol.